The largest absolute Gasteiger partial charge is 0.294 e. The van der Waals surface area contributed by atoms with Crippen LogP contribution < -0.4 is 0 Å². The zero-order valence-corrected chi connectivity index (χ0v) is 8.89. The summed E-state index contributed by atoms with van der Waals surface area (Å²) in [5.74, 6) is 0. The summed E-state index contributed by atoms with van der Waals surface area (Å²) in [7, 11) is 0. The van der Waals surface area contributed by atoms with Crippen molar-refractivity contribution in [2.24, 2.45) is 5.41 Å². The summed E-state index contributed by atoms with van der Waals surface area (Å²) < 4.78 is 13.8. The second kappa shape index (κ2) is 2.94. The molecule has 1 nitrogen and oxygen atoms in total. The molecule has 2 saturated heterocycles. The second-order valence-corrected chi connectivity index (χ2v) is 5.60. The van der Waals surface area contributed by atoms with E-state index in [2.05, 4.69) is 25.7 Å². The van der Waals surface area contributed by atoms with E-state index < -0.39 is 6.17 Å². The standard InChI is InChI=1S/C11H20FN/c1-11(2,3)10-9(12)7-8-5-4-6-13(8)10/h8-10H,4-7H2,1-3H3. The van der Waals surface area contributed by atoms with Crippen molar-refractivity contribution < 1.29 is 4.39 Å². The monoisotopic (exact) mass is 185 g/mol. The van der Waals surface area contributed by atoms with Crippen LogP contribution in [0.4, 0.5) is 4.39 Å². The van der Waals surface area contributed by atoms with E-state index in [-0.39, 0.29) is 11.5 Å². The molecule has 0 bridgehead atoms. The molecule has 0 aromatic carbocycles. The Morgan fingerprint density at radius 3 is 2.62 bits per heavy atom. The Labute approximate surface area is 80.3 Å². The molecule has 76 valence electrons. The van der Waals surface area contributed by atoms with Crippen molar-refractivity contribution in [2.75, 3.05) is 6.54 Å². The van der Waals surface area contributed by atoms with Gasteiger partial charge in [-0.2, -0.15) is 0 Å². The number of nitrogens with zero attached hydrogens (tertiary/aromatic N) is 1. The number of fused-ring (bicyclic) bond motifs is 1. The van der Waals surface area contributed by atoms with Gasteiger partial charge in [0, 0.05) is 12.1 Å². The first-order chi connectivity index (χ1) is 6.00. The van der Waals surface area contributed by atoms with Crippen molar-refractivity contribution in [1.82, 2.24) is 4.90 Å². The molecule has 13 heavy (non-hydrogen) atoms. The van der Waals surface area contributed by atoms with Crippen LogP contribution in [0.5, 0.6) is 0 Å². The van der Waals surface area contributed by atoms with Crippen LogP contribution >= 0.6 is 0 Å². The summed E-state index contributed by atoms with van der Waals surface area (Å²) in [5.41, 5.74) is 0.0957. The lowest BCUT2D eigenvalue weighted by atomic mass is 9.84. The fraction of sp³-hybridized carbons (Fsp3) is 1.00. The van der Waals surface area contributed by atoms with Gasteiger partial charge in [0.15, 0.2) is 0 Å². The molecule has 0 saturated carbocycles. The maximum Gasteiger partial charge on any atom is 0.118 e. The molecular formula is C11H20FN. The minimum Gasteiger partial charge on any atom is -0.294 e. The minimum absolute atomic E-state index is 0.0957. The molecule has 0 amide bonds. The molecule has 2 rings (SSSR count). The summed E-state index contributed by atoms with van der Waals surface area (Å²) in [6.07, 6.45) is 2.67. The lowest BCUT2D eigenvalue weighted by molar-refractivity contribution is 0.0923. The highest BCUT2D eigenvalue weighted by Gasteiger charge is 2.48. The second-order valence-electron chi connectivity index (χ2n) is 5.60. The average molecular weight is 185 g/mol. The smallest absolute Gasteiger partial charge is 0.118 e. The fourth-order valence-electron chi connectivity index (χ4n) is 3.11. The zero-order chi connectivity index (χ0) is 9.64. The number of hydrogen-bond donors (Lipinski definition) is 0. The van der Waals surface area contributed by atoms with E-state index in [1.54, 1.807) is 0 Å². The molecule has 0 radical (unpaired) electrons. The van der Waals surface area contributed by atoms with Gasteiger partial charge in [-0.25, -0.2) is 4.39 Å². The van der Waals surface area contributed by atoms with E-state index in [0.29, 0.717) is 6.04 Å². The topological polar surface area (TPSA) is 3.24 Å². The molecule has 0 N–H and O–H groups in total. The van der Waals surface area contributed by atoms with Crippen molar-refractivity contribution in [1.29, 1.82) is 0 Å². The molecule has 0 aliphatic carbocycles. The Morgan fingerprint density at radius 1 is 1.31 bits per heavy atom. The summed E-state index contributed by atoms with van der Waals surface area (Å²) in [6.45, 7) is 7.59. The number of rotatable bonds is 0. The van der Waals surface area contributed by atoms with Gasteiger partial charge in [0.1, 0.15) is 6.17 Å². The third-order valence-electron chi connectivity index (χ3n) is 3.51. The van der Waals surface area contributed by atoms with Crippen LogP contribution in [0.25, 0.3) is 0 Å². The van der Waals surface area contributed by atoms with E-state index in [1.807, 2.05) is 0 Å². The van der Waals surface area contributed by atoms with E-state index in [9.17, 15) is 4.39 Å². The average Bonchev–Trinajstić information content (AvgIpc) is 2.41. The van der Waals surface area contributed by atoms with Crippen LogP contribution in [0.3, 0.4) is 0 Å². The van der Waals surface area contributed by atoms with Gasteiger partial charge in [-0.3, -0.25) is 4.90 Å². The first-order valence-corrected chi connectivity index (χ1v) is 5.40. The molecule has 2 aliphatic rings. The van der Waals surface area contributed by atoms with Crippen molar-refractivity contribution in [2.45, 2.75) is 58.3 Å². The van der Waals surface area contributed by atoms with Gasteiger partial charge in [0.2, 0.25) is 0 Å². The maximum atomic E-state index is 13.8. The molecule has 2 heterocycles. The van der Waals surface area contributed by atoms with Crippen LogP contribution in [0.1, 0.15) is 40.0 Å². The molecule has 2 aliphatic heterocycles. The van der Waals surface area contributed by atoms with Gasteiger partial charge in [-0.15, -0.1) is 0 Å². The number of halogens is 1. The Bertz CT molecular complexity index is 197. The predicted molar refractivity (Wildman–Crippen MR) is 52.5 cm³/mol. The first kappa shape index (κ1) is 9.45. The SMILES string of the molecule is CC(C)(C)C1C(F)CC2CCCN21. The van der Waals surface area contributed by atoms with Crippen LogP contribution in [0.15, 0.2) is 0 Å². The molecular weight excluding hydrogens is 165 g/mol. The van der Waals surface area contributed by atoms with Gasteiger partial charge in [-0.1, -0.05) is 20.8 Å². The predicted octanol–water partition coefficient (Wildman–Crippen LogP) is 2.61. The fourth-order valence-corrected chi connectivity index (χ4v) is 3.11. The first-order valence-electron chi connectivity index (χ1n) is 5.40. The van der Waals surface area contributed by atoms with Crippen molar-refractivity contribution in [3.8, 4) is 0 Å². The normalized spacial score (nSPS) is 41.1. The highest BCUT2D eigenvalue weighted by atomic mass is 19.1. The molecule has 2 fully saturated rings. The van der Waals surface area contributed by atoms with Gasteiger partial charge < -0.3 is 0 Å². The van der Waals surface area contributed by atoms with E-state index >= 15 is 0 Å². The number of alkyl halides is 1. The Balaban J connectivity index is 2.17. The summed E-state index contributed by atoms with van der Waals surface area (Å²) in [6, 6.07) is 0.722. The van der Waals surface area contributed by atoms with E-state index in [1.165, 1.54) is 12.8 Å². The number of hydrogen-bond acceptors (Lipinski definition) is 1. The highest BCUT2D eigenvalue weighted by molar-refractivity contribution is 5.02. The van der Waals surface area contributed by atoms with Gasteiger partial charge >= 0.3 is 0 Å². The van der Waals surface area contributed by atoms with Gasteiger partial charge in [0.05, 0.1) is 0 Å². The summed E-state index contributed by atoms with van der Waals surface area (Å²) >= 11 is 0. The Hall–Kier alpha value is -0.110. The van der Waals surface area contributed by atoms with Crippen LogP contribution in [-0.4, -0.2) is 29.7 Å². The van der Waals surface area contributed by atoms with E-state index in [0.717, 1.165) is 13.0 Å². The molecule has 3 atom stereocenters. The summed E-state index contributed by atoms with van der Waals surface area (Å²) in [4.78, 5) is 2.41. The highest BCUT2D eigenvalue weighted by Crippen LogP contribution is 2.41. The third kappa shape index (κ3) is 1.50. The van der Waals surface area contributed by atoms with Crippen molar-refractivity contribution in [3.05, 3.63) is 0 Å². The Kier molecular flexibility index (Phi) is 2.14. The molecule has 0 aromatic rings. The summed E-state index contributed by atoms with van der Waals surface area (Å²) in [5, 5.41) is 0. The third-order valence-corrected chi connectivity index (χ3v) is 3.51. The van der Waals surface area contributed by atoms with Gasteiger partial charge in [0.25, 0.3) is 0 Å². The van der Waals surface area contributed by atoms with E-state index in [4.69, 9.17) is 0 Å². The van der Waals surface area contributed by atoms with Crippen molar-refractivity contribution in [3.63, 3.8) is 0 Å². The quantitative estimate of drug-likeness (QED) is 0.560. The van der Waals surface area contributed by atoms with Crippen LogP contribution in [0, 0.1) is 5.41 Å². The van der Waals surface area contributed by atoms with Crippen molar-refractivity contribution >= 4 is 0 Å². The Morgan fingerprint density at radius 2 is 2.00 bits per heavy atom. The van der Waals surface area contributed by atoms with Crippen LogP contribution in [-0.2, 0) is 0 Å². The van der Waals surface area contributed by atoms with Gasteiger partial charge in [-0.05, 0) is 31.2 Å². The molecule has 2 heteroatoms. The lowest BCUT2D eigenvalue weighted by Gasteiger charge is -2.35. The van der Waals surface area contributed by atoms with Crippen LogP contribution in [0.2, 0.25) is 0 Å². The minimum atomic E-state index is -0.592. The molecule has 3 unspecified atom stereocenters. The maximum absolute atomic E-state index is 13.8. The lowest BCUT2D eigenvalue weighted by Crippen LogP contribution is -2.44. The zero-order valence-electron chi connectivity index (χ0n) is 8.89. The molecule has 0 aromatic heterocycles. The molecule has 0 spiro atoms.